The Hall–Kier alpha value is -2.49. The second kappa shape index (κ2) is 5.65. The van der Waals surface area contributed by atoms with Crippen LogP contribution in [0.15, 0.2) is 42.5 Å². The van der Waals surface area contributed by atoms with Gasteiger partial charge in [0.1, 0.15) is 0 Å². The van der Waals surface area contributed by atoms with E-state index in [4.69, 9.17) is 5.11 Å². The van der Waals surface area contributed by atoms with E-state index in [1.54, 1.807) is 24.3 Å². The lowest BCUT2D eigenvalue weighted by atomic mass is 10.1. The Morgan fingerprint density at radius 3 is 2.20 bits per heavy atom. The van der Waals surface area contributed by atoms with Crippen molar-refractivity contribution in [2.45, 2.75) is 6.92 Å². The van der Waals surface area contributed by atoms with Crippen LogP contribution < -0.4 is 10.2 Å². The molecule has 2 N–H and O–H groups in total. The van der Waals surface area contributed by atoms with Gasteiger partial charge in [-0.1, -0.05) is 6.07 Å². The van der Waals surface area contributed by atoms with Crippen molar-refractivity contribution in [1.29, 1.82) is 0 Å². The van der Waals surface area contributed by atoms with Crippen molar-refractivity contribution in [2.75, 3.05) is 24.3 Å². The summed E-state index contributed by atoms with van der Waals surface area (Å²) >= 11 is 0. The first-order valence-corrected chi connectivity index (χ1v) is 6.36. The number of carboxylic acids is 1. The zero-order valence-electron chi connectivity index (χ0n) is 11.8. The molecule has 4 heteroatoms. The Bertz CT molecular complexity index is 619. The average molecular weight is 270 g/mol. The molecular weight excluding hydrogens is 252 g/mol. The van der Waals surface area contributed by atoms with E-state index in [0.717, 1.165) is 17.1 Å². The topological polar surface area (TPSA) is 52.6 Å². The standard InChI is InChI=1S/C16H18N2O2/c1-11-4-7-14(10-15(11)18(2)3)17-13-8-5-12(6-9-13)16(19)20/h4-10,17H,1-3H3,(H,19,20). The third-order valence-corrected chi connectivity index (χ3v) is 3.11. The molecule has 0 aliphatic carbocycles. The van der Waals surface area contributed by atoms with Gasteiger partial charge in [0.15, 0.2) is 0 Å². The molecule has 0 fully saturated rings. The van der Waals surface area contributed by atoms with Gasteiger partial charge in [-0.25, -0.2) is 4.79 Å². The quantitative estimate of drug-likeness (QED) is 0.892. The van der Waals surface area contributed by atoms with Crippen molar-refractivity contribution < 1.29 is 9.90 Å². The van der Waals surface area contributed by atoms with Crippen LogP contribution in [0.25, 0.3) is 0 Å². The van der Waals surface area contributed by atoms with Crippen LogP contribution in [0.3, 0.4) is 0 Å². The number of nitrogens with zero attached hydrogens (tertiary/aromatic N) is 1. The molecule has 2 aromatic rings. The molecule has 0 saturated heterocycles. The summed E-state index contributed by atoms with van der Waals surface area (Å²) in [6.07, 6.45) is 0. The van der Waals surface area contributed by atoms with Gasteiger partial charge >= 0.3 is 5.97 Å². The Morgan fingerprint density at radius 2 is 1.65 bits per heavy atom. The van der Waals surface area contributed by atoms with Crippen LogP contribution in [0.5, 0.6) is 0 Å². The number of anilines is 3. The molecule has 20 heavy (non-hydrogen) atoms. The van der Waals surface area contributed by atoms with E-state index in [1.807, 2.05) is 20.2 Å². The molecule has 2 aromatic carbocycles. The smallest absolute Gasteiger partial charge is 0.335 e. The molecule has 2 rings (SSSR count). The van der Waals surface area contributed by atoms with Gasteiger partial charge in [0.05, 0.1) is 5.56 Å². The summed E-state index contributed by atoms with van der Waals surface area (Å²) in [5, 5.41) is 12.1. The highest BCUT2D eigenvalue weighted by Gasteiger charge is 2.04. The summed E-state index contributed by atoms with van der Waals surface area (Å²) in [5.41, 5.74) is 4.48. The summed E-state index contributed by atoms with van der Waals surface area (Å²) in [6, 6.07) is 12.8. The van der Waals surface area contributed by atoms with E-state index >= 15 is 0 Å². The molecule has 0 spiro atoms. The minimum Gasteiger partial charge on any atom is -0.478 e. The highest BCUT2D eigenvalue weighted by Crippen LogP contribution is 2.25. The van der Waals surface area contributed by atoms with Crippen LogP contribution in [0.4, 0.5) is 17.1 Å². The highest BCUT2D eigenvalue weighted by atomic mass is 16.4. The molecule has 0 atom stereocenters. The van der Waals surface area contributed by atoms with Crippen LogP contribution in [0.1, 0.15) is 15.9 Å². The first-order chi connectivity index (χ1) is 9.47. The van der Waals surface area contributed by atoms with E-state index < -0.39 is 5.97 Å². The molecule has 0 saturated carbocycles. The number of benzene rings is 2. The second-order valence-electron chi connectivity index (χ2n) is 4.90. The molecule has 0 unspecified atom stereocenters. The number of aromatic carboxylic acids is 1. The maximum Gasteiger partial charge on any atom is 0.335 e. The second-order valence-corrected chi connectivity index (χ2v) is 4.90. The third kappa shape index (κ3) is 3.09. The molecule has 0 aliphatic heterocycles. The van der Waals surface area contributed by atoms with E-state index in [-0.39, 0.29) is 5.56 Å². The lowest BCUT2D eigenvalue weighted by Gasteiger charge is -2.17. The predicted molar refractivity (Wildman–Crippen MR) is 82.2 cm³/mol. The van der Waals surface area contributed by atoms with E-state index in [0.29, 0.717) is 0 Å². The van der Waals surface area contributed by atoms with Crippen LogP contribution in [0, 0.1) is 6.92 Å². The molecule has 0 radical (unpaired) electrons. The summed E-state index contributed by atoms with van der Waals surface area (Å²) in [6.45, 7) is 2.07. The van der Waals surface area contributed by atoms with E-state index in [1.165, 1.54) is 5.56 Å². The fraction of sp³-hybridized carbons (Fsp3) is 0.188. The van der Waals surface area contributed by atoms with Crippen LogP contribution >= 0.6 is 0 Å². The Balaban J connectivity index is 2.21. The Kier molecular flexibility index (Phi) is 3.94. The lowest BCUT2D eigenvalue weighted by Crippen LogP contribution is -2.10. The zero-order chi connectivity index (χ0) is 14.7. The number of carbonyl (C=O) groups is 1. The third-order valence-electron chi connectivity index (χ3n) is 3.11. The molecule has 0 aromatic heterocycles. The van der Waals surface area contributed by atoms with Crippen molar-refractivity contribution in [3.63, 3.8) is 0 Å². The molecule has 0 heterocycles. The zero-order valence-corrected chi connectivity index (χ0v) is 11.8. The maximum atomic E-state index is 10.8. The van der Waals surface area contributed by atoms with Gasteiger partial charge in [0, 0.05) is 31.2 Å². The molecule has 0 amide bonds. The first kappa shape index (κ1) is 13.9. The highest BCUT2D eigenvalue weighted by molar-refractivity contribution is 5.88. The Morgan fingerprint density at radius 1 is 1.05 bits per heavy atom. The van der Waals surface area contributed by atoms with Gasteiger partial charge in [0.2, 0.25) is 0 Å². The van der Waals surface area contributed by atoms with Gasteiger partial charge in [-0.3, -0.25) is 0 Å². The summed E-state index contributed by atoms with van der Waals surface area (Å²) < 4.78 is 0. The predicted octanol–water partition coefficient (Wildman–Crippen LogP) is 3.50. The van der Waals surface area contributed by atoms with Gasteiger partial charge < -0.3 is 15.3 Å². The van der Waals surface area contributed by atoms with Gasteiger partial charge in [0.25, 0.3) is 0 Å². The lowest BCUT2D eigenvalue weighted by molar-refractivity contribution is 0.0697. The van der Waals surface area contributed by atoms with Crippen molar-refractivity contribution in [1.82, 2.24) is 0 Å². The van der Waals surface area contributed by atoms with Crippen LogP contribution in [-0.4, -0.2) is 25.2 Å². The van der Waals surface area contributed by atoms with Crippen molar-refractivity contribution >= 4 is 23.0 Å². The first-order valence-electron chi connectivity index (χ1n) is 6.36. The summed E-state index contributed by atoms with van der Waals surface area (Å²) in [5.74, 6) is -0.915. The fourth-order valence-corrected chi connectivity index (χ4v) is 2.03. The minimum absolute atomic E-state index is 0.286. The molecule has 0 aliphatic rings. The SMILES string of the molecule is Cc1ccc(Nc2ccc(C(=O)O)cc2)cc1N(C)C. The molecule has 104 valence electrons. The minimum atomic E-state index is -0.915. The number of rotatable bonds is 4. The number of nitrogens with one attached hydrogen (secondary N) is 1. The van der Waals surface area contributed by atoms with Crippen molar-refractivity contribution in [3.05, 3.63) is 53.6 Å². The van der Waals surface area contributed by atoms with Gasteiger partial charge in [-0.05, 0) is 48.9 Å². The van der Waals surface area contributed by atoms with Crippen molar-refractivity contribution in [3.8, 4) is 0 Å². The van der Waals surface area contributed by atoms with E-state index in [9.17, 15) is 4.79 Å². The average Bonchev–Trinajstić information content (AvgIpc) is 2.41. The van der Waals surface area contributed by atoms with Gasteiger partial charge in [-0.15, -0.1) is 0 Å². The number of aryl methyl sites for hydroxylation is 1. The number of carboxylic acid groups (broad SMARTS) is 1. The molecular formula is C16H18N2O2. The molecule has 0 bridgehead atoms. The summed E-state index contributed by atoms with van der Waals surface area (Å²) in [4.78, 5) is 12.9. The van der Waals surface area contributed by atoms with Crippen LogP contribution in [0.2, 0.25) is 0 Å². The largest absolute Gasteiger partial charge is 0.478 e. The van der Waals surface area contributed by atoms with E-state index in [2.05, 4.69) is 29.3 Å². The normalized spacial score (nSPS) is 10.2. The summed E-state index contributed by atoms with van der Waals surface area (Å²) in [7, 11) is 4.02. The fourth-order valence-electron chi connectivity index (χ4n) is 2.03. The molecule has 4 nitrogen and oxygen atoms in total. The number of hydrogen-bond acceptors (Lipinski definition) is 3. The van der Waals surface area contributed by atoms with Gasteiger partial charge in [-0.2, -0.15) is 0 Å². The maximum absolute atomic E-state index is 10.8. The monoisotopic (exact) mass is 270 g/mol. The number of hydrogen-bond donors (Lipinski definition) is 2. The van der Waals surface area contributed by atoms with Crippen LogP contribution in [-0.2, 0) is 0 Å². The Labute approximate surface area is 118 Å². The van der Waals surface area contributed by atoms with Crippen molar-refractivity contribution in [2.24, 2.45) is 0 Å².